The van der Waals surface area contributed by atoms with Gasteiger partial charge in [0.1, 0.15) is 0 Å². The average molecular weight is 408 g/mol. The molecule has 4 nitrogen and oxygen atoms in total. The van der Waals surface area contributed by atoms with Crippen LogP contribution in [0.2, 0.25) is 0 Å². The number of rotatable bonds is 3. The molecular weight excluding hydrogens is 378 g/mol. The molecule has 0 fully saturated rings. The molecule has 0 aliphatic carbocycles. The lowest BCUT2D eigenvalue weighted by molar-refractivity contribution is 0.102. The summed E-state index contributed by atoms with van der Waals surface area (Å²) in [6.07, 6.45) is 2.04. The highest BCUT2D eigenvalue weighted by Crippen LogP contribution is 2.24. The largest absolute Gasteiger partial charge is 0.322 e. The number of aryl methyl sites for hydroxylation is 2. The van der Waals surface area contributed by atoms with Gasteiger partial charge in [-0.2, -0.15) is 0 Å². The van der Waals surface area contributed by atoms with E-state index in [0.717, 1.165) is 27.5 Å². The molecule has 0 spiro atoms. The predicted octanol–water partition coefficient (Wildman–Crippen LogP) is 6.98. The predicted molar refractivity (Wildman–Crippen MR) is 125 cm³/mol. The number of carbonyl (C=O) groups excluding carboxylic acids is 1. The molecule has 0 aliphatic rings. The smallest absolute Gasteiger partial charge is 0.255 e. The Morgan fingerprint density at radius 3 is 2.14 bits per heavy atom. The Morgan fingerprint density at radius 2 is 1.55 bits per heavy atom. The number of hydrogen-bond donors (Lipinski definition) is 1. The molecule has 1 amide bonds. The van der Waals surface area contributed by atoms with Gasteiger partial charge in [-0.05, 0) is 38.1 Å². The first-order valence-corrected chi connectivity index (χ1v) is 10.9. The standard InChI is InChI=1S/C20H17N3OS.2C2H6/c1-13-3-5-16(6-4-13)19(24)21-17-9-7-15(8-10-17)18-11-23-14(2)12-25-20(23)22-18;2*1-2/h3-12H,1-2H3,(H,21,24);2*1-2H3. The van der Waals surface area contributed by atoms with E-state index in [1.807, 2.05) is 89.3 Å². The SMILES string of the molecule is CC.CC.Cc1ccc(C(=O)Nc2ccc(-c3cn4c(C)csc4n3)cc2)cc1. The Hall–Kier alpha value is -2.92. The first kappa shape index (κ1) is 22.4. The van der Waals surface area contributed by atoms with Crippen molar-refractivity contribution in [2.45, 2.75) is 41.5 Å². The molecule has 2 aromatic carbocycles. The summed E-state index contributed by atoms with van der Waals surface area (Å²) < 4.78 is 2.09. The summed E-state index contributed by atoms with van der Waals surface area (Å²) in [5.74, 6) is -0.106. The topological polar surface area (TPSA) is 46.4 Å². The summed E-state index contributed by atoms with van der Waals surface area (Å²) in [4.78, 5) is 17.9. The van der Waals surface area contributed by atoms with Crippen molar-refractivity contribution in [3.05, 3.63) is 76.9 Å². The summed E-state index contributed by atoms with van der Waals surface area (Å²) in [5, 5.41) is 5.02. The molecule has 0 aliphatic heterocycles. The van der Waals surface area contributed by atoms with E-state index < -0.39 is 0 Å². The molecule has 2 heterocycles. The maximum atomic E-state index is 12.3. The van der Waals surface area contributed by atoms with Gasteiger partial charge in [0, 0.05) is 34.1 Å². The van der Waals surface area contributed by atoms with Gasteiger partial charge in [-0.25, -0.2) is 4.98 Å². The van der Waals surface area contributed by atoms with Gasteiger partial charge < -0.3 is 5.32 Å². The highest BCUT2D eigenvalue weighted by atomic mass is 32.1. The molecule has 152 valence electrons. The van der Waals surface area contributed by atoms with Gasteiger partial charge in [0.2, 0.25) is 0 Å². The Morgan fingerprint density at radius 1 is 0.931 bits per heavy atom. The zero-order valence-corrected chi connectivity index (χ0v) is 18.8. The Balaban J connectivity index is 0.000000707. The van der Waals surface area contributed by atoms with Crippen LogP contribution in [0.3, 0.4) is 0 Å². The van der Waals surface area contributed by atoms with Crippen molar-refractivity contribution >= 4 is 27.9 Å². The molecule has 0 radical (unpaired) electrons. The van der Waals surface area contributed by atoms with E-state index in [2.05, 4.69) is 27.0 Å². The average Bonchev–Trinajstić information content (AvgIpc) is 3.34. The summed E-state index contributed by atoms with van der Waals surface area (Å²) in [7, 11) is 0. The molecule has 0 saturated carbocycles. The first-order valence-electron chi connectivity index (χ1n) is 10.0. The minimum Gasteiger partial charge on any atom is -0.322 e. The lowest BCUT2D eigenvalue weighted by Gasteiger charge is -2.06. The second-order valence-electron chi connectivity index (χ2n) is 6.05. The highest BCUT2D eigenvalue weighted by molar-refractivity contribution is 7.15. The van der Waals surface area contributed by atoms with Crippen molar-refractivity contribution in [2.75, 3.05) is 5.32 Å². The molecule has 0 saturated heterocycles. The number of aromatic nitrogens is 2. The highest BCUT2D eigenvalue weighted by Gasteiger charge is 2.09. The lowest BCUT2D eigenvalue weighted by atomic mass is 10.1. The van der Waals surface area contributed by atoms with Crippen LogP contribution < -0.4 is 5.32 Å². The monoisotopic (exact) mass is 407 g/mol. The number of anilines is 1. The minimum atomic E-state index is -0.106. The fourth-order valence-corrected chi connectivity index (χ4v) is 3.52. The van der Waals surface area contributed by atoms with Crippen LogP contribution in [0.1, 0.15) is 49.3 Å². The zero-order valence-electron chi connectivity index (χ0n) is 18.0. The molecule has 0 unspecified atom stereocenters. The molecule has 29 heavy (non-hydrogen) atoms. The van der Waals surface area contributed by atoms with Crippen LogP contribution in [-0.2, 0) is 0 Å². The number of thiazole rings is 1. The molecule has 0 bridgehead atoms. The summed E-state index contributed by atoms with van der Waals surface area (Å²) in [5.41, 5.74) is 5.71. The van der Waals surface area contributed by atoms with Crippen LogP contribution in [-0.4, -0.2) is 15.3 Å². The van der Waals surface area contributed by atoms with E-state index in [9.17, 15) is 4.79 Å². The van der Waals surface area contributed by atoms with Crippen molar-refractivity contribution in [3.8, 4) is 11.3 Å². The molecular formula is C24H29N3OS. The molecule has 4 aromatic rings. The number of nitrogens with zero attached hydrogens (tertiary/aromatic N) is 2. The number of fused-ring (bicyclic) bond motifs is 1. The Labute approximate surface area is 177 Å². The Kier molecular flexibility index (Phi) is 8.16. The summed E-state index contributed by atoms with van der Waals surface area (Å²) in [6.45, 7) is 12.1. The number of benzene rings is 2. The van der Waals surface area contributed by atoms with Crippen molar-refractivity contribution in [3.63, 3.8) is 0 Å². The minimum absolute atomic E-state index is 0.106. The van der Waals surface area contributed by atoms with Gasteiger partial charge >= 0.3 is 0 Å². The van der Waals surface area contributed by atoms with Crippen LogP contribution in [0.25, 0.3) is 16.2 Å². The third kappa shape index (κ3) is 5.33. The molecule has 0 atom stereocenters. The van der Waals surface area contributed by atoms with Crippen molar-refractivity contribution in [2.24, 2.45) is 0 Å². The zero-order chi connectivity index (χ0) is 21.4. The fraction of sp³-hybridized carbons (Fsp3) is 0.250. The van der Waals surface area contributed by atoms with Crippen molar-refractivity contribution in [1.82, 2.24) is 9.38 Å². The third-order valence-corrected chi connectivity index (χ3v) is 5.10. The Bertz CT molecular complexity index is 1040. The van der Waals surface area contributed by atoms with E-state index in [-0.39, 0.29) is 5.91 Å². The summed E-state index contributed by atoms with van der Waals surface area (Å²) in [6, 6.07) is 15.3. The second-order valence-corrected chi connectivity index (χ2v) is 6.89. The normalized spacial score (nSPS) is 9.86. The van der Waals surface area contributed by atoms with Crippen LogP contribution in [0.4, 0.5) is 5.69 Å². The molecule has 5 heteroatoms. The second kappa shape index (κ2) is 10.6. The van der Waals surface area contributed by atoms with E-state index in [1.165, 1.54) is 5.69 Å². The number of nitrogens with one attached hydrogen (secondary N) is 1. The number of hydrogen-bond acceptors (Lipinski definition) is 3. The maximum Gasteiger partial charge on any atom is 0.255 e. The van der Waals surface area contributed by atoms with Gasteiger partial charge in [0.25, 0.3) is 5.91 Å². The van der Waals surface area contributed by atoms with E-state index >= 15 is 0 Å². The maximum absolute atomic E-state index is 12.3. The van der Waals surface area contributed by atoms with Gasteiger partial charge in [-0.15, -0.1) is 11.3 Å². The quantitative estimate of drug-likeness (QED) is 0.398. The number of carbonyl (C=O) groups is 1. The number of amides is 1. The summed E-state index contributed by atoms with van der Waals surface area (Å²) >= 11 is 1.63. The van der Waals surface area contributed by atoms with Crippen molar-refractivity contribution in [1.29, 1.82) is 0 Å². The van der Waals surface area contributed by atoms with E-state index in [0.29, 0.717) is 5.56 Å². The van der Waals surface area contributed by atoms with Crippen LogP contribution >= 0.6 is 11.3 Å². The van der Waals surface area contributed by atoms with Crippen molar-refractivity contribution < 1.29 is 4.79 Å². The van der Waals surface area contributed by atoms with Gasteiger partial charge in [-0.1, -0.05) is 57.5 Å². The van der Waals surface area contributed by atoms with E-state index in [4.69, 9.17) is 0 Å². The lowest BCUT2D eigenvalue weighted by Crippen LogP contribution is -2.11. The third-order valence-electron chi connectivity index (χ3n) is 4.14. The first-order chi connectivity index (χ1) is 14.1. The van der Waals surface area contributed by atoms with Gasteiger partial charge in [0.15, 0.2) is 4.96 Å². The molecule has 4 rings (SSSR count). The van der Waals surface area contributed by atoms with E-state index in [1.54, 1.807) is 11.3 Å². The molecule has 1 N–H and O–H groups in total. The fourth-order valence-electron chi connectivity index (χ4n) is 2.67. The van der Waals surface area contributed by atoms with Crippen LogP contribution in [0.15, 0.2) is 60.1 Å². The van der Waals surface area contributed by atoms with Gasteiger partial charge in [-0.3, -0.25) is 9.20 Å². The van der Waals surface area contributed by atoms with Crippen LogP contribution in [0.5, 0.6) is 0 Å². The molecule has 2 aromatic heterocycles. The number of imidazole rings is 1. The van der Waals surface area contributed by atoms with Crippen LogP contribution in [0, 0.1) is 13.8 Å². The van der Waals surface area contributed by atoms with Gasteiger partial charge in [0.05, 0.1) is 5.69 Å².